The summed E-state index contributed by atoms with van der Waals surface area (Å²) in [6, 6.07) is 17.3. The van der Waals surface area contributed by atoms with Crippen molar-refractivity contribution in [2.45, 2.75) is 110 Å². The minimum atomic E-state index is -0.200. The van der Waals surface area contributed by atoms with Crippen LogP contribution in [-0.2, 0) is 11.2 Å². The van der Waals surface area contributed by atoms with Crippen LogP contribution >= 0.6 is 0 Å². The zero-order chi connectivity index (χ0) is 27.1. The molecule has 4 nitrogen and oxygen atoms in total. The third kappa shape index (κ3) is 9.91. The Kier molecular flexibility index (Phi) is 12.0. The van der Waals surface area contributed by atoms with Gasteiger partial charge in [-0.25, -0.2) is 9.97 Å². The molecule has 0 N–H and O–H groups in total. The van der Waals surface area contributed by atoms with Crippen molar-refractivity contribution in [3.63, 3.8) is 0 Å². The van der Waals surface area contributed by atoms with E-state index in [4.69, 9.17) is 4.74 Å². The number of hydrogen-bond acceptors (Lipinski definition) is 4. The zero-order valence-corrected chi connectivity index (χ0v) is 23.9. The van der Waals surface area contributed by atoms with Crippen LogP contribution in [0, 0.1) is 5.92 Å². The average Bonchev–Trinajstić information content (AvgIpc) is 3.49. The van der Waals surface area contributed by atoms with E-state index in [1.54, 1.807) is 12.4 Å². The molecular weight excluding hydrogens is 480 g/mol. The largest absolute Gasteiger partial charge is 0.423 e. The molecule has 1 aromatic heterocycles. The van der Waals surface area contributed by atoms with Crippen LogP contribution in [0.3, 0.4) is 0 Å². The van der Waals surface area contributed by atoms with Crippen LogP contribution in [0.25, 0.3) is 22.5 Å². The highest BCUT2D eigenvalue weighted by molar-refractivity contribution is 5.72. The topological polar surface area (TPSA) is 52.1 Å². The number of nitrogens with zero attached hydrogens (tertiary/aromatic N) is 2. The number of unbranched alkanes of at least 4 members (excludes halogenated alkanes) is 7. The summed E-state index contributed by atoms with van der Waals surface area (Å²) in [6.07, 6.45) is 22.9. The van der Waals surface area contributed by atoms with Gasteiger partial charge in [-0.15, -0.1) is 0 Å². The molecule has 1 heterocycles. The second-order valence-corrected chi connectivity index (χ2v) is 11.3. The van der Waals surface area contributed by atoms with Crippen LogP contribution in [0.1, 0.15) is 109 Å². The summed E-state index contributed by atoms with van der Waals surface area (Å²) in [7, 11) is 0. The summed E-state index contributed by atoms with van der Waals surface area (Å²) in [4.78, 5) is 21.1. The van der Waals surface area contributed by atoms with E-state index in [-0.39, 0.29) is 5.97 Å². The van der Waals surface area contributed by atoms with Crippen molar-refractivity contribution >= 4 is 5.97 Å². The molecule has 0 unspecified atom stereocenters. The molecule has 1 fully saturated rings. The van der Waals surface area contributed by atoms with Gasteiger partial charge in [0.1, 0.15) is 0 Å². The van der Waals surface area contributed by atoms with Gasteiger partial charge in [-0.05, 0) is 41.9 Å². The fourth-order valence-corrected chi connectivity index (χ4v) is 5.66. The van der Waals surface area contributed by atoms with Crippen LogP contribution in [0.4, 0.5) is 0 Å². The number of carbonyl (C=O) groups excluding carboxylic acids is 1. The molecule has 39 heavy (non-hydrogen) atoms. The first-order chi connectivity index (χ1) is 19.2. The van der Waals surface area contributed by atoms with Crippen LogP contribution in [0.5, 0.6) is 5.75 Å². The van der Waals surface area contributed by atoms with Gasteiger partial charge in [0.2, 0.25) is 0 Å². The fourth-order valence-electron chi connectivity index (χ4n) is 5.66. The second kappa shape index (κ2) is 16.2. The number of rotatable bonds is 16. The van der Waals surface area contributed by atoms with E-state index < -0.39 is 0 Å². The molecule has 0 spiro atoms. The Morgan fingerprint density at radius 2 is 1.33 bits per heavy atom. The molecule has 1 aliphatic rings. The lowest BCUT2D eigenvalue weighted by atomic mass is 9.99. The number of esters is 1. The first kappa shape index (κ1) is 29.0. The van der Waals surface area contributed by atoms with E-state index in [0.717, 1.165) is 30.7 Å². The number of ether oxygens (including phenoxy) is 1. The molecule has 0 amide bonds. The summed E-state index contributed by atoms with van der Waals surface area (Å²) in [5.74, 6) is 1.80. The lowest BCUT2D eigenvalue weighted by Crippen LogP contribution is -2.08. The van der Waals surface area contributed by atoms with Crippen molar-refractivity contribution in [2.75, 3.05) is 0 Å². The number of aryl methyl sites for hydroxylation is 1. The van der Waals surface area contributed by atoms with Gasteiger partial charge < -0.3 is 4.74 Å². The molecular formula is C35H46N2O2. The summed E-state index contributed by atoms with van der Waals surface area (Å²) in [5.41, 5.74) is 4.75. The van der Waals surface area contributed by atoms with Gasteiger partial charge in [0.15, 0.2) is 11.6 Å². The van der Waals surface area contributed by atoms with Crippen molar-refractivity contribution in [3.05, 3.63) is 66.5 Å². The first-order valence-electron chi connectivity index (χ1n) is 15.4. The standard InChI is InChI=1S/C35H46N2O2/c1-2-3-4-5-8-14-29-18-20-30(21-19-29)31-22-24-32(25-23-31)35-36-26-33(27-37-35)39-34(38)17-10-7-6-9-13-28-15-11-12-16-28/h18-28H,2-17H2,1H3. The van der Waals surface area contributed by atoms with Gasteiger partial charge in [0, 0.05) is 12.0 Å². The minimum absolute atomic E-state index is 0.200. The third-order valence-electron chi connectivity index (χ3n) is 8.08. The van der Waals surface area contributed by atoms with Crippen molar-refractivity contribution < 1.29 is 9.53 Å². The van der Waals surface area contributed by atoms with Crippen molar-refractivity contribution in [2.24, 2.45) is 5.92 Å². The maximum atomic E-state index is 12.2. The molecule has 0 saturated heterocycles. The van der Waals surface area contributed by atoms with Crippen molar-refractivity contribution in [3.8, 4) is 28.3 Å². The highest BCUT2D eigenvalue weighted by Gasteiger charge is 2.14. The molecule has 1 aliphatic carbocycles. The molecule has 0 aliphatic heterocycles. The highest BCUT2D eigenvalue weighted by Crippen LogP contribution is 2.29. The molecule has 3 aromatic rings. The lowest BCUT2D eigenvalue weighted by molar-refractivity contribution is -0.134. The first-order valence-corrected chi connectivity index (χ1v) is 15.4. The van der Waals surface area contributed by atoms with Crippen molar-refractivity contribution in [1.82, 2.24) is 9.97 Å². The summed E-state index contributed by atoms with van der Waals surface area (Å²) in [6.45, 7) is 2.26. The minimum Gasteiger partial charge on any atom is -0.423 e. The number of hydrogen-bond donors (Lipinski definition) is 0. The van der Waals surface area contributed by atoms with Crippen LogP contribution in [-0.4, -0.2) is 15.9 Å². The predicted molar refractivity (Wildman–Crippen MR) is 161 cm³/mol. The monoisotopic (exact) mass is 526 g/mol. The Morgan fingerprint density at radius 1 is 0.744 bits per heavy atom. The Labute approximate surface area is 235 Å². The normalized spacial score (nSPS) is 13.6. The Morgan fingerprint density at radius 3 is 2.03 bits per heavy atom. The quantitative estimate of drug-likeness (QED) is 0.138. The molecule has 2 aromatic carbocycles. The molecule has 0 atom stereocenters. The Bertz CT molecular complexity index is 1100. The number of benzene rings is 2. The molecule has 0 radical (unpaired) electrons. The maximum Gasteiger partial charge on any atom is 0.311 e. The van der Waals surface area contributed by atoms with Gasteiger partial charge in [0.25, 0.3) is 0 Å². The van der Waals surface area contributed by atoms with Crippen LogP contribution in [0.15, 0.2) is 60.9 Å². The van der Waals surface area contributed by atoms with Gasteiger partial charge in [-0.3, -0.25) is 4.79 Å². The average molecular weight is 527 g/mol. The van der Waals surface area contributed by atoms with Gasteiger partial charge in [0.05, 0.1) is 12.4 Å². The van der Waals surface area contributed by atoms with Crippen molar-refractivity contribution in [1.29, 1.82) is 0 Å². The summed E-state index contributed by atoms with van der Waals surface area (Å²) < 4.78 is 5.46. The molecule has 0 bridgehead atoms. The van der Waals surface area contributed by atoms with Crippen LogP contribution in [0.2, 0.25) is 0 Å². The summed E-state index contributed by atoms with van der Waals surface area (Å²) in [5, 5.41) is 0. The van der Waals surface area contributed by atoms with Crippen LogP contribution < -0.4 is 4.74 Å². The van der Waals surface area contributed by atoms with E-state index in [2.05, 4.69) is 53.3 Å². The predicted octanol–water partition coefficient (Wildman–Crippen LogP) is 9.76. The third-order valence-corrected chi connectivity index (χ3v) is 8.08. The Hall–Kier alpha value is -3.01. The molecule has 1 saturated carbocycles. The molecule has 4 heteroatoms. The molecule has 4 rings (SSSR count). The number of carbonyl (C=O) groups is 1. The fraction of sp³-hybridized carbons (Fsp3) is 0.514. The van der Waals surface area contributed by atoms with E-state index >= 15 is 0 Å². The van der Waals surface area contributed by atoms with Gasteiger partial charge in [-0.1, -0.05) is 133 Å². The number of aromatic nitrogens is 2. The zero-order valence-electron chi connectivity index (χ0n) is 23.9. The van der Waals surface area contributed by atoms with Gasteiger partial charge in [-0.2, -0.15) is 0 Å². The molecule has 208 valence electrons. The highest BCUT2D eigenvalue weighted by atomic mass is 16.5. The van der Waals surface area contributed by atoms with E-state index in [1.165, 1.54) is 93.7 Å². The van der Waals surface area contributed by atoms with Gasteiger partial charge >= 0.3 is 5.97 Å². The second-order valence-electron chi connectivity index (χ2n) is 11.3. The van der Waals surface area contributed by atoms with E-state index in [9.17, 15) is 4.79 Å². The lowest BCUT2D eigenvalue weighted by Gasteiger charge is -2.08. The Balaban J connectivity index is 1.17. The van der Waals surface area contributed by atoms with E-state index in [0.29, 0.717) is 18.0 Å². The maximum absolute atomic E-state index is 12.2. The summed E-state index contributed by atoms with van der Waals surface area (Å²) >= 11 is 0. The SMILES string of the molecule is CCCCCCCc1ccc(-c2ccc(-c3ncc(OC(=O)CCCCCCC4CCCC4)cn3)cc2)cc1. The van der Waals surface area contributed by atoms with E-state index in [1.807, 2.05) is 12.1 Å². The smallest absolute Gasteiger partial charge is 0.311 e.